The molecule has 3 rings (SSSR count). The van der Waals surface area contributed by atoms with Gasteiger partial charge >= 0.3 is 0 Å². The van der Waals surface area contributed by atoms with Gasteiger partial charge in [0.05, 0.1) is 0 Å². The van der Waals surface area contributed by atoms with Gasteiger partial charge in [-0.15, -0.1) is 0 Å². The maximum absolute atomic E-state index is 2.49. The van der Waals surface area contributed by atoms with Crippen molar-refractivity contribution < 1.29 is 0 Å². The van der Waals surface area contributed by atoms with E-state index in [1.807, 2.05) is 0 Å². The summed E-state index contributed by atoms with van der Waals surface area (Å²) in [5.74, 6) is 0. The Morgan fingerprint density at radius 1 is 1.00 bits per heavy atom. The van der Waals surface area contributed by atoms with E-state index < -0.39 is 0 Å². The van der Waals surface area contributed by atoms with Crippen LogP contribution in [0.2, 0.25) is 0 Å². The third-order valence-corrected chi connectivity index (χ3v) is 3.64. The van der Waals surface area contributed by atoms with Crippen LogP contribution in [0, 0.1) is 13.8 Å². The average Bonchev–Trinajstić information content (AvgIpc) is 2.72. The van der Waals surface area contributed by atoms with Crippen molar-refractivity contribution in [3.8, 4) is 0 Å². The predicted octanol–water partition coefficient (Wildman–Crippen LogP) is 3.87. The van der Waals surface area contributed by atoms with Crippen molar-refractivity contribution in [2.75, 3.05) is 11.4 Å². The van der Waals surface area contributed by atoms with Crippen molar-refractivity contribution in [2.45, 2.75) is 26.8 Å². The van der Waals surface area contributed by atoms with Crippen LogP contribution >= 0.6 is 0 Å². The summed E-state index contributed by atoms with van der Waals surface area (Å²) in [6.45, 7) is 6.52. The van der Waals surface area contributed by atoms with Gasteiger partial charge in [0.25, 0.3) is 0 Å². The molecule has 0 amide bonds. The molecular formula is C17H19N. The first-order chi connectivity index (χ1) is 8.72. The van der Waals surface area contributed by atoms with Crippen LogP contribution in [0.4, 0.5) is 5.69 Å². The van der Waals surface area contributed by atoms with Gasteiger partial charge in [-0.2, -0.15) is 0 Å². The highest BCUT2D eigenvalue weighted by molar-refractivity contribution is 5.58. The molecule has 0 aromatic heterocycles. The average molecular weight is 237 g/mol. The van der Waals surface area contributed by atoms with E-state index >= 15 is 0 Å². The summed E-state index contributed by atoms with van der Waals surface area (Å²) in [6, 6.07) is 15.6. The SMILES string of the molecule is Cc1cc(C)cc(CN2CCc3ccccc32)c1. The van der Waals surface area contributed by atoms with Gasteiger partial charge < -0.3 is 4.90 Å². The van der Waals surface area contributed by atoms with Crippen LogP contribution < -0.4 is 4.90 Å². The van der Waals surface area contributed by atoms with E-state index in [4.69, 9.17) is 0 Å². The fourth-order valence-electron chi connectivity index (χ4n) is 2.95. The van der Waals surface area contributed by atoms with Crippen LogP contribution in [0.5, 0.6) is 0 Å². The summed E-state index contributed by atoms with van der Waals surface area (Å²) in [5, 5.41) is 0. The molecule has 0 radical (unpaired) electrons. The van der Waals surface area contributed by atoms with Gasteiger partial charge in [0.15, 0.2) is 0 Å². The topological polar surface area (TPSA) is 3.24 Å². The van der Waals surface area contributed by atoms with Gasteiger partial charge in [-0.1, -0.05) is 47.5 Å². The molecule has 1 heteroatoms. The third-order valence-electron chi connectivity index (χ3n) is 3.64. The number of benzene rings is 2. The highest BCUT2D eigenvalue weighted by Gasteiger charge is 2.18. The van der Waals surface area contributed by atoms with Crippen molar-refractivity contribution in [2.24, 2.45) is 0 Å². The molecule has 0 saturated heterocycles. The number of hydrogen-bond acceptors (Lipinski definition) is 1. The van der Waals surface area contributed by atoms with Gasteiger partial charge in [-0.25, -0.2) is 0 Å². The summed E-state index contributed by atoms with van der Waals surface area (Å²) in [5.41, 5.74) is 7.04. The molecule has 0 atom stereocenters. The first-order valence-electron chi connectivity index (χ1n) is 6.62. The van der Waals surface area contributed by atoms with Crippen molar-refractivity contribution in [3.05, 3.63) is 64.7 Å². The second-order valence-electron chi connectivity index (χ2n) is 5.30. The number of anilines is 1. The maximum atomic E-state index is 2.49. The number of fused-ring (bicyclic) bond motifs is 1. The Morgan fingerprint density at radius 2 is 1.72 bits per heavy atom. The molecule has 1 aliphatic heterocycles. The minimum Gasteiger partial charge on any atom is -0.367 e. The molecule has 1 nitrogen and oxygen atoms in total. The monoisotopic (exact) mass is 237 g/mol. The highest BCUT2D eigenvalue weighted by Crippen LogP contribution is 2.29. The van der Waals surface area contributed by atoms with E-state index in [1.165, 1.54) is 34.4 Å². The summed E-state index contributed by atoms with van der Waals surface area (Å²) in [6.07, 6.45) is 1.18. The molecule has 0 N–H and O–H groups in total. The third kappa shape index (κ3) is 2.13. The van der Waals surface area contributed by atoms with Crippen LogP contribution in [0.3, 0.4) is 0 Å². The van der Waals surface area contributed by atoms with E-state index in [-0.39, 0.29) is 0 Å². The summed E-state index contributed by atoms with van der Waals surface area (Å²) in [4.78, 5) is 2.49. The van der Waals surface area contributed by atoms with Crippen molar-refractivity contribution in [1.29, 1.82) is 0 Å². The lowest BCUT2D eigenvalue weighted by Gasteiger charge is -2.20. The van der Waals surface area contributed by atoms with Crippen LogP contribution in [0.25, 0.3) is 0 Å². The number of nitrogens with zero attached hydrogens (tertiary/aromatic N) is 1. The van der Waals surface area contributed by atoms with Crippen LogP contribution in [-0.2, 0) is 13.0 Å². The molecule has 18 heavy (non-hydrogen) atoms. The molecule has 92 valence electrons. The molecule has 0 aliphatic carbocycles. The quantitative estimate of drug-likeness (QED) is 0.766. The number of para-hydroxylation sites is 1. The molecule has 0 spiro atoms. The summed E-state index contributed by atoms with van der Waals surface area (Å²) >= 11 is 0. The molecule has 1 aliphatic rings. The lowest BCUT2D eigenvalue weighted by Crippen LogP contribution is -2.19. The van der Waals surface area contributed by atoms with E-state index in [0.717, 1.165) is 13.1 Å². The molecule has 0 bridgehead atoms. The van der Waals surface area contributed by atoms with Crippen molar-refractivity contribution in [3.63, 3.8) is 0 Å². The molecule has 0 fully saturated rings. The molecule has 0 saturated carbocycles. The Kier molecular flexibility index (Phi) is 2.83. The fourth-order valence-corrected chi connectivity index (χ4v) is 2.95. The number of aryl methyl sites for hydroxylation is 2. The normalized spacial score (nSPS) is 13.8. The van der Waals surface area contributed by atoms with Gasteiger partial charge in [0.2, 0.25) is 0 Å². The highest BCUT2D eigenvalue weighted by atomic mass is 15.1. The first kappa shape index (κ1) is 11.3. The smallest absolute Gasteiger partial charge is 0.0429 e. The molecule has 1 heterocycles. The lowest BCUT2D eigenvalue weighted by molar-refractivity contribution is 0.834. The zero-order chi connectivity index (χ0) is 12.5. The summed E-state index contributed by atoms with van der Waals surface area (Å²) < 4.78 is 0. The fraction of sp³-hybridized carbons (Fsp3) is 0.294. The minimum atomic E-state index is 1.03. The zero-order valence-corrected chi connectivity index (χ0v) is 11.1. The van der Waals surface area contributed by atoms with Crippen LogP contribution in [0.1, 0.15) is 22.3 Å². The first-order valence-corrected chi connectivity index (χ1v) is 6.62. The summed E-state index contributed by atoms with van der Waals surface area (Å²) in [7, 11) is 0. The standard InChI is InChI=1S/C17H19N/c1-13-9-14(2)11-15(10-13)12-18-8-7-16-5-3-4-6-17(16)18/h3-6,9-11H,7-8,12H2,1-2H3. The van der Waals surface area contributed by atoms with Crippen molar-refractivity contribution >= 4 is 5.69 Å². The van der Waals surface area contributed by atoms with Gasteiger partial charge in [-0.05, 0) is 37.5 Å². The van der Waals surface area contributed by atoms with Crippen LogP contribution in [0.15, 0.2) is 42.5 Å². The number of rotatable bonds is 2. The Bertz CT molecular complexity index is 551. The zero-order valence-electron chi connectivity index (χ0n) is 11.1. The Labute approximate surface area is 109 Å². The molecular weight excluding hydrogens is 218 g/mol. The predicted molar refractivity (Wildman–Crippen MR) is 77.1 cm³/mol. The molecule has 2 aromatic rings. The Balaban J connectivity index is 1.86. The molecule has 2 aromatic carbocycles. The van der Waals surface area contributed by atoms with Gasteiger partial charge in [-0.3, -0.25) is 0 Å². The van der Waals surface area contributed by atoms with Crippen molar-refractivity contribution in [1.82, 2.24) is 0 Å². The maximum Gasteiger partial charge on any atom is 0.0429 e. The van der Waals surface area contributed by atoms with E-state index in [9.17, 15) is 0 Å². The molecule has 0 unspecified atom stereocenters. The lowest BCUT2D eigenvalue weighted by atomic mass is 10.1. The minimum absolute atomic E-state index is 1.03. The van der Waals surface area contributed by atoms with Crippen LogP contribution in [-0.4, -0.2) is 6.54 Å². The Hall–Kier alpha value is -1.76. The van der Waals surface area contributed by atoms with E-state index in [0.29, 0.717) is 0 Å². The largest absolute Gasteiger partial charge is 0.367 e. The van der Waals surface area contributed by atoms with E-state index in [2.05, 4.69) is 61.2 Å². The van der Waals surface area contributed by atoms with Gasteiger partial charge in [0, 0.05) is 18.8 Å². The second-order valence-corrected chi connectivity index (χ2v) is 5.30. The number of hydrogen-bond donors (Lipinski definition) is 0. The Morgan fingerprint density at radius 3 is 2.50 bits per heavy atom. The van der Waals surface area contributed by atoms with E-state index in [1.54, 1.807) is 0 Å². The van der Waals surface area contributed by atoms with Gasteiger partial charge in [0.1, 0.15) is 0 Å². The second kappa shape index (κ2) is 4.49.